The number of nitrogens with one attached hydrogen (secondary N) is 1. The molecule has 0 aliphatic rings. The fourth-order valence-corrected chi connectivity index (χ4v) is 2.06. The minimum absolute atomic E-state index is 0.121. The summed E-state index contributed by atoms with van der Waals surface area (Å²) in [7, 11) is 0. The largest absolute Gasteiger partial charge is 0.443 e. The van der Waals surface area contributed by atoms with Gasteiger partial charge in [0.1, 0.15) is 17.3 Å². The molecule has 0 saturated carbocycles. The van der Waals surface area contributed by atoms with Crippen molar-refractivity contribution < 1.29 is 13.2 Å². The summed E-state index contributed by atoms with van der Waals surface area (Å²) < 4.78 is 33.2. The number of halogens is 3. The van der Waals surface area contributed by atoms with Crippen LogP contribution >= 0.6 is 15.9 Å². The second kappa shape index (κ2) is 5.79. The number of aromatic nitrogens is 1. The number of rotatable bonds is 4. The van der Waals surface area contributed by atoms with Gasteiger partial charge in [-0.15, -0.1) is 0 Å². The topological polar surface area (TPSA) is 38.1 Å². The Bertz CT molecular complexity index is 561. The summed E-state index contributed by atoms with van der Waals surface area (Å²) in [5.74, 6) is -1.25. The standard InChI is InChI=1S/C13H13BrF2N2O/c1-7(2)17-5-11-13(19-6-18-11)12-9(15)3-8(14)4-10(12)16/h3-4,6-7,17H,5H2,1-2H3. The molecule has 1 heterocycles. The normalized spacial score (nSPS) is 11.3. The van der Waals surface area contributed by atoms with Crippen LogP contribution < -0.4 is 5.32 Å². The molecule has 0 aliphatic heterocycles. The summed E-state index contributed by atoms with van der Waals surface area (Å²) in [5, 5.41) is 3.13. The molecule has 0 atom stereocenters. The number of oxazole rings is 1. The molecular formula is C13H13BrF2N2O. The molecule has 0 unspecified atom stereocenters. The maximum atomic E-state index is 13.9. The van der Waals surface area contributed by atoms with Crippen LogP contribution in [0.15, 0.2) is 27.4 Å². The first-order chi connectivity index (χ1) is 8.99. The van der Waals surface area contributed by atoms with Crippen molar-refractivity contribution in [3.05, 3.63) is 40.3 Å². The molecule has 0 amide bonds. The molecular weight excluding hydrogens is 318 g/mol. The van der Waals surface area contributed by atoms with Gasteiger partial charge >= 0.3 is 0 Å². The lowest BCUT2D eigenvalue weighted by molar-refractivity contribution is 0.537. The number of nitrogens with zero attached hydrogens (tertiary/aromatic N) is 1. The van der Waals surface area contributed by atoms with Gasteiger partial charge in [0.15, 0.2) is 12.2 Å². The molecule has 0 bridgehead atoms. The van der Waals surface area contributed by atoms with Gasteiger partial charge in [0.2, 0.25) is 0 Å². The Kier molecular flexibility index (Phi) is 4.31. The van der Waals surface area contributed by atoms with E-state index < -0.39 is 11.6 Å². The van der Waals surface area contributed by atoms with Crippen LogP contribution in [0.25, 0.3) is 11.3 Å². The van der Waals surface area contributed by atoms with Crippen LogP contribution in [0.4, 0.5) is 8.78 Å². The molecule has 3 nitrogen and oxygen atoms in total. The van der Waals surface area contributed by atoms with Crippen molar-refractivity contribution in [2.24, 2.45) is 0 Å². The predicted molar refractivity (Wildman–Crippen MR) is 71.5 cm³/mol. The molecule has 1 aromatic carbocycles. The molecule has 0 aliphatic carbocycles. The van der Waals surface area contributed by atoms with Crippen LogP contribution in [0.5, 0.6) is 0 Å². The van der Waals surface area contributed by atoms with Gasteiger partial charge in [-0.1, -0.05) is 29.8 Å². The molecule has 102 valence electrons. The first-order valence-electron chi connectivity index (χ1n) is 5.79. The Balaban J connectivity index is 2.40. The van der Waals surface area contributed by atoms with Gasteiger partial charge in [0, 0.05) is 17.1 Å². The molecule has 0 saturated heterocycles. The molecule has 2 rings (SSSR count). The average molecular weight is 331 g/mol. The third-order valence-corrected chi connectivity index (χ3v) is 3.01. The van der Waals surface area contributed by atoms with Gasteiger partial charge < -0.3 is 9.73 Å². The van der Waals surface area contributed by atoms with E-state index in [1.54, 1.807) is 0 Å². The predicted octanol–water partition coefficient (Wildman–Crippen LogP) is 3.88. The van der Waals surface area contributed by atoms with E-state index in [4.69, 9.17) is 4.42 Å². The highest BCUT2D eigenvalue weighted by atomic mass is 79.9. The Hall–Kier alpha value is -1.27. The van der Waals surface area contributed by atoms with Crippen molar-refractivity contribution in [1.29, 1.82) is 0 Å². The zero-order valence-electron chi connectivity index (χ0n) is 10.5. The second-order valence-corrected chi connectivity index (χ2v) is 5.32. The summed E-state index contributed by atoms with van der Waals surface area (Å²) >= 11 is 3.04. The third-order valence-electron chi connectivity index (χ3n) is 2.55. The highest BCUT2D eigenvalue weighted by molar-refractivity contribution is 9.10. The first kappa shape index (κ1) is 14.1. The quantitative estimate of drug-likeness (QED) is 0.924. The van der Waals surface area contributed by atoms with Crippen molar-refractivity contribution >= 4 is 15.9 Å². The molecule has 0 radical (unpaired) electrons. The number of hydrogen-bond donors (Lipinski definition) is 1. The number of benzene rings is 1. The molecule has 1 aromatic heterocycles. The van der Waals surface area contributed by atoms with Crippen LogP contribution in [-0.2, 0) is 6.54 Å². The van der Waals surface area contributed by atoms with E-state index in [9.17, 15) is 8.78 Å². The Morgan fingerprint density at radius 2 is 1.95 bits per heavy atom. The van der Waals surface area contributed by atoms with Crippen molar-refractivity contribution in [1.82, 2.24) is 10.3 Å². The van der Waals surface area contributed by atoms with Gasteiger partial charge in [-0.3, -0.25) is 0 Å². The van der Waals surface area contributed by atoms with E-state index in [0.717, 1.165) is 0 Å². The van der Waals surface area contributed by atoms with E-state index in [1.165, 1.54) is 18.5 Å². The van der Waals surface area contributed by atoms with E-state index in [2.05, 4.69) is 26.2 Å². The molecule has 19 heavy (non-hydrogen) atoms. The van der Waals surface area contributed by atoms with E-state index >= 15 is 0 Å². The minimum atomic E-state index is -0.686. The monoisotopic (exact) mass is 330 g/mol. The summed E-state index contributed by atoms with van der Waals surface area (Å²) in [5.41, 5.74) is 0.287. The van der Waals surface area contributed by atoms with Crippen LogP contribution in [0.2, 0.25) is 0 Å². The Morgan fingerprint density at radius 3 is 2.53 bits per heavy atom. The van der Waals surface area contributed by atoms with Crippen molar-refractivity contribution in [2.75, 3.05) is 0 Å². The molecule has 2 aromatic rings. The van der Waals surface area contributed by atoms with Crippen LogP contribution in [0.3, 0.4) is 0 Å². The Labute approximate surface area is 118 Å². The molecule has 0 fully saturated rings. The van der Waals surface area contributed by atoms with Crippen molar-refractivity contribution in [2.45, 2.75) is 26.4 Å². The van der Waals surface area contributed by atoms with Gasteiger partial charge in [-0.25, -0.2) is 13.8 Å². The summed E-state index contributed by atoms with van der Waals surface area (Å²) in [4.78, 5) is 3.99. The Morgan fingerprint density at radius 1 is 1.32 bits per heavy atom. The highest BCUT2D eigenvalue weighted by Crippen LogP contribution is 2.31. The van der Waals surface area contributed by atoms with Gasteiger partial charge in [-0.05, 0) is 12.1 Å². The van der Waals surface area contributed by atoms with Crippen LogP contribution in [0, 0.1) is 11.6 Å². The third kappa shape index (κ3) is 3.19. The smallest absolute Gasteiger partial charge is 0.181 e. The molecule has 0 spiro atoms. The lowest BCUT2D eigenvalue weighted by Crippen LogP contribution is -2.22. The summed E-state index contributed by atoms with van der Waals surface area (Å²) in [6.45, 7) is 4.33. The molecule has 1 N–H and O–H groups in total. The SMILES string of the molecule is CC(C)NCc1ncoc1-c1c(F)cc(Br)cc1F. The van der Waals surface area contributed by atoms with Crippen molar-refractivity contribution in [3.8, 4) is 11.3 Å². The fourth-order valence-electron chi connectivity index (χ4n) is 1.66. The van der Waals surface area contributed by atoms with E-state index in [0.29, 0.717) is 16.7 Å². The first-order valence-corrected chi connectivity index (χ1v) is 6.59. The summed E-state index contributed by atoms with van der Waals surface area (Å²) in [6.07, 6.45) is 1.19. The molecule has 6 heteroatoms. The zero-order chi connectivity index (χ0) is 14.0. The van der Waals surface area contributed by atoms with Crippen LogP contribution in [-0.4, -0.2) is 11.0 Å². The maximum absolute atomic E-state index is 13.9. The number of hydrogen-bond acceptors (Lipinski definition) is 3. The van der Waals surface area contributed by atoms with Crippen molar-refractivity contribution in [3.63, 3.8) is 0 Å². The minimum Gasteiger partial charge on any atom is -0.443 e. The average Bonchev–Trinajstić information content (AvgIpc) is 2.73. The highest BCUT2D eigenvalue weighted by Gasteiger charge is 2.20. The summed E-state index contributed by atoms with van der Waals surface area (Å²) in [6, 6.07) is 2.63. The van der Waals surface area contributed by atoms with Gasteiger partial charge in [0.25, 0.3) is 0 Å². The van der Waals surface area contributed by atoms with Crippen LogP contribution in [0.1, 0.15) is 19.5 Å². The maximum Gasteiger partial charge on any atom is 0.181 e. The van der Waals surface area contributed by atoms with E-state index in [1.807, 2.05) is 13.8 Å². The second-order valence-electron chi connectivity index (χ2n) is 4.41. The zero-order valence-corrected chi connectivity index (χ0v) is 12.1. The fraction of sp³-hybridized carbons (Fsp3) is 0.308. The lowest BCUT2D eigenvalue weighted by Gasteiger charge is -2.08. The van der Waals surface area contributed by atoms with Gasteiger partial charge in [-0.2, -0.15) is 0 Å². The lowest BCUT2D eigenvalue weighted by atomic mass is 10.1. The van der Waals surface area contributed by atoms with Gasteiger partial charge in [0.05, 0.1) is 5.56 Å². The van der Waals surface area contributed by atoms with E-state index in [-0.39, 0.29) is 17.4 Å².